The summed E-state index contributed by atoms with van der Waals surface area (Å²) in [4.78, 5) is 14.1. The van der Waals surface area contributed by atoms with Crippen molar-refractivity contribution in [1.29, 1.82) is 5.26 Å². The van der Waals surface area contributed by atoms with E-state index in [0.717, 1.165) is 0 Å². The lowest BCUT2D eigenvalue weighted by molar-refractivity contribution is -0.209. The fourth-order valence-corrected chi connectivity index (χ4v) is 2.49. The third-order valence-electron chi connectivity index (χ3n) is 3.19. The smallest absolute Gasteiger partial charge is 0.218 e. The van der Waals surface area contributed by atoms with Gasteiger partial charge < -0.3 is 19.5 Å². The maximum Gasteiger partial charge on any atom is 0.218 e. The standard InChI is InChI=1S/C11H15N5O4/c1-6(17)15-11(5-12)7(4-14-16-13)18-9-8(11)19-10(2,3)20-9/h7-9H,4H2,1-3H3,(H,15,17)/t7-,8+,9-,11-/m1/s1. The Kier molecular flexibility index (Phi) is 3.58. The van der Waals surface area contributed by atoms with Crippen LogP contribution in [0.25, 0.3) is 10.4 Å². The highest BCUT2D eigenvalue weighted by atomic mass is 16.8. The lowest BCUT2D eigenvalue weighted by atomic mass is 9.89. The van der Waals surface area contributed by atoms with Crippen molar-refractivity contribution in [2.24, 2.45) is 5.11 Å². The van der Waals surface area contributed by atoms with Crippen LogP contribution in [0.3, 0.4) is 0 Å². The van der Waals surface area contributed by atoms with Gasteiger partial charge in [-0.2, -0.15) is 5.26 Å². The second-order valence-electron chi connectivity index (χ2n) is 5.12. The Morgan fingerprint density at radius 2 is 2.25 bits per heavy atom. The van der Waals surface area contributed by atoms with Gasteiger partial charge in [0.2, 0.25) is 5.91 Å². The molecule has 4 atom stereocenters. The van der Waals surface area contributed by atoms with Crippen LogP contribution in [0.15, 0.2) is 5.11 Å². The summed E-state index contributed by atoms with van der Waals surface area (Å²) in [5.74, 6) is -1.32. The summed E-state index contributed by atoms with van der Waals surface area (Å²) in [6.45, 7) is 4.56. The predicted octanol–water partition coefficient (Wildman–Crippen LogP) is 0.572. The quantitative estimate of drug-likeness (QED) is 0.459. The van der Waals surface area contributed by atoms with E-state index in [1.165, 1.54) is 6.92 Å². The first kappa shape index (κ1) is 14.6. The maximum absolute atomic E-state index is 11.4. The van der Waals surface area contributed by atoms with Crippen LogP contribution in [0.4, 0.5) is 0 Å². The van der Waals surface area contributed by atoms with Gasteiger partial charge in [-0.25, -0.2) is 0 Å². The molecule has 2 saturated heterocycles. The Morgan fingerprint density at radius 1 is 1.55 bits per heavy atom. The molecule has 0 radical (unpaired) electrons. The first-order valence-corrected chi connectivity index (χ1v) is 6.06. The molecule has 0 saturated carbocycles. The number of fused-ring (bicyclic) bond motifs is 1. The molecular weight excluding hydrogens is 266 g/mol. The van der Waals surface area contributed by atoms with Gasteiger partial charge in [0.25, 0.3) is 0 Å². The third kappa shape index (κ3) is 2.30. The summed E-state index contributed by atoms with van der Waals surface area (Å²) in [5.41, 5.74) is 6.96. The minimum Gasteiger partial charge on any atom is -0.343 e. The molecule has 2 fully saturated rings. The van der Waals surface area contributed by atoms with Gasteiger partial charge >= 0.3 is 0 Å². The van der Waals surface area contributed by atoms with Gasteiger partial charge in [0.15, 0.2) is 23.7 Å². The molecule has 9 heteroatoms. The number of azide groups is 1. The molecule has 2 aliphatic heterocycles. The summed E-state index contributed by atoms with van der Waals surface area (Å²) in [7, 11) is 0. The van der Waals surface area contributed by atoms with Crippen molar-refractivity contribution in [3.8, 4) is 6.07 Å². The second kappa shape index (κ2) is 4.92. The van der Waals surface area contributed by atoms with Crippen molar-refractivity contribution in [3.05, 3.63) is 10.4 Å². The van der Waals surface area contributed by atoms with Crippen LogP contribution in [-0.2, 0) is 19.0 Å². The first-order chi connectivity index (χ1) is 9.34. The summed E-state index contributed by atoms with van der Waals surface area (Å²) in [5, 5.41) is 15.5. The highest BCUT2D eigenvalue weighted by Crippen LogP contribution is 2.43. The van der Waals surface area contributed by atoms with E-state index >= 15 is 0 Å². The van der Waals surface area contributed by atoms with Crippen LogP contribution in [0.5, 0.6) is 0 Å². The van der Waals surface area contributed by atoms with Crippen LogP contribution >= 0.6 is 0 Å². The first-order valence-electron chi connectivity index (χ1n) is 6.06. The Hall–Kier alpha value is -1.85. The number of carbonyl (C=O) groups is 1. The molecule has 2 rings (SSSR count). The number of hydrogen-bond donors (Lipinski definition) is 1. The van der Waals surface area contributed by atoms with Gasteiger partial charge in [-0.3, -0.25) is 4.79 Å². The Morgan fingerprint density at radius 3 is 2.80 bits per heavy atom. The minimum atomic E-state index is -1.45. The van der Waals surface area contributed by atoms with E-state index < -0.39 is 35.7 Å². The fourth-order valence-electron chi connectivity index (χ4n) is 2.49. The van der Waals surface area contributed by atoms with Gasteiger partial charge in [0, 0.05) is 11.8 Å². The highest BCUT2D eigenvalue weighted by Gasteiger charge is 2.64. The predicted molar refractivity (Wildman–Crippen MR) is 64.9 cm³/mol. The van der Waals surface area contributed by atoms with E-state index in [1.54, 1.807) is 13.8 Å². The van der Waals surface area contributed by atoms with E-state index in [9.17, 15) is 10.1 Å². The van der Waals surface area contributed by atoms with E-state index in [0.29, 0.717) is 0 Å². The van der Waals surface area contributed by atoms with E-state index in [-0.39, 0.29) is 6.54 Å². The number of carbonyl (C=O) groups excluding carboxylic acids is 1. The molecule has 0 aromatic rings. The molecule has 0 bridgehead atoms. The number of amides is 1. The average Bonchev–Trinajstić information content (AvgIpc) is 2.78. The summed E-state index contributed by atoms with van der Waals surface area (Å²) >= 11 is 0. The fraction of sp³-hybridized carbons (Fsp3) is 0.818. The molecule has 9 nitrogen and oxygen atoms in total. The van der Waals surface area contributed by atoms with Crippen LogP contribution in [0.1, 0.15) is 20.8 Å². The topological polar surface area (TPSA) is 129 Å². The number of hydrogen-bond acceptors (Lipinski definition) is 6. The van der Waals surface area contributed by atoms with Crippen LogP contribution in [0.2, 0.25) is 0 Å². The second-order valence-corrected chi connectivity index (χ2v) is 5.12. The number of nitriles is 1. The lowest BCUT2D eigenvalue weighted by Crippen LogP contribution is -2.60. The zero-order valence-corrected chi connectivity index (χ0v) is 11.4. The molecule has 0 unspecified atom stereocenters. The van der Waals surface area contributed by atoms with Crippen molar-refractivity contribution >= 4 is 5.91 Å². The van der Waals surface area contributed by atoms with Crippen molar-refractivity contribution in [2.75, 3.05) is 6.54 Å². The number of ether oxygens (including phenoxy) is 3. The minimum absolute atomic E-state index is 0.107. The molecule has 0 aliphatic carbocycles. The molecule has 20 heavy (non-hydrogen) atoms. The summed E-state index contributed by atoms with van der Waals surface area (Å²) in [6.07, 6.45) is -2.42. The number of nitrogens with one attached hydrogen (secondary N) is 1. The van der Waals surface area contributed by atoms with Gasteiger partial charge in [0.1, 0.15) is 6.10 Å². The highest BCUT2D eigenvalue weighted by molar-refractivity contribution is 5.75. The average molecular weight is 281 g/mol. The molecule has 108 valence electrons. The van der Waals surface area contributed by atoms with E-state index in [1.807, 2.05) is 6.07 Å². The van der Waals surface area contributed by atoms with Crippen LogP contribution in [-0.4, -0.2) is 42.3 Å². The van der Waals surface area contributed by atoms with Crippen molar-refractivity contribution in [3.63, 3.8) is 0 Å². The van der Waals surface area contributed by atoms with Crippen molar-refractivity contribution < 1.29 is 19.0 Å². The summed E-state index contributed by atoms with van der Waals surface area (Å²) < 4.78 is 16.8. The molecule has 2 heterocycles. The Bertz CT molecular complexity index is 509. The number of rotatable bonds is 3. The van der Waals surface area contributed by atoms with E-state index in [4.69, 9.17) is 19.7 Å². The Labute approximate surface area is 115 Å². The molecular formula is C11H15N5O4. The molecule has 0 aromatic heterocycles. The van der Waals surface area contributed by atoms with Gasteiger partial charge in [0.05, 0.1) is 12.6 Å². The zero-order chi connectivity index (χ0) is 15.0. The zero-order valence-electron chi connectivity index (χ0n) is 11.4. The molecule has 1 N–H and O–H groups in total. The molecule has 0 aromatic carbocycles. The third-order valence-corrected chi connectivity index (χ3v) is 3.19. The Balaban J connectivity index is 2.35. The molecule has 1 amide bonds. The van der Waals surface area contributed by atoms with E-state index in [2.05, 4.69) is 15.3 Å². The largest absolute Gasteiger partial charge is 0.343 e. The van der Waals surface area contributed by atoms with Crippen LogP contribution < -0.4 is 5.32 Å². The van der Waals surface area contributed by atoms with Crippen molar-refractivity contribution in [2.45, 2.75) is 50.6 Å². The van der Waals surface area contributed by atoms with Gasteiger partial charge in [-0.05, 0) is 19.4 Å². The van der Waals surface area contributed by atoms with Gasteiger partial charge in [-0.1, -0.05) is 5.11 Å². The lowest BCUT2D eigenvalue weighted by Gasteiger charge is -2.32. The summed E-state index contributed by atoms with van der Waals surface area (Å²) in [6, 6.07) is 2.03. The number of nitrogens with zero attached hydrogens (tertiary/aromatic N) is 4. The van der Waals surface area contributed by atoms with Crippen LogP contribution in [0, 0.1) is 11.3 Å². The molecule has 2 aliphatic rings. The normalized spacial score (nSPS) is 37.6. The monoisotopic (exact) mass is 281 g/mol. The SMILES string of the molecule is CC(=O)N[C@]1(C#N)[C@@H](CN=[N+]=[N-])O[C@@H]2OC(C)(C)O[C@@H]21. The van der Waals surface area contributed by atoms with Crippen molar-refractivity contribution in [1.82, 2.24) is 5.32 Å². The maximum atomic E-state index is 11.4. The molecule has 0 spiro atoms. The van der Waals surface area contributed by atoms with Gasteiger partial charge in [-0.15, -0.1) is 0 Å².